The summed E-state index contributed by atoms with van der Waals surface area (Å²) in [6.45, 7) is 7.99. The zero-order chi connectivity index (χ0) is 21.9. The van der Waals surface area contributed by atoms with E-state index in [1.807, 2.05) is 26.8 Å². The van der Waals surface area contributed by atoms with Crippen LogP contribution >= 0.6 is 0 Å². The SMILES string of the molecule is COc1cc(C)c(S(=O)(=O)NCCNc2cc(-n3nc(C)cc3C)ncn2)cc1C. The summed E-state index contributed by atoms with van der Waals surface area (Å²) in [5, 5.41) is 7.52. The lowest BCUT2D eigenvalue weighted by molar-refractivity contribution is 0.411. The number of hydrogen-bond acceptors (Lipinski definition) is 7. The zero-order valence-corrected chi connectivity index (χ0v) is 18.5. The van der Waals surface area contributed by atoms with Crippen molar-refractivity contribution >= 4 is 15.8 Å². The normalized spacial score (nSPS) is 11.5. The molecule has 2 heterocycles. The minimum Gasteiger partial charge on any atom is -0.496 e. The van der Waals surface area contributed by atoms with Crippen molar-refractivity contribution in [2.45, 2.75) is 32.6 Å². The number of hydrogen-bond donors (Lipinski definition) is 2. The quantitative estimate of drug-likeness (QED) is 0.528. The fraction of sp³-hybridized carbons (Fsp3) is 0.350. The zero-order valence-electron chi connectivity index (χ0n) is 17.7. The summed E-state index contributed by atoms with van der Waals surface area (Å²) < 4.78 is 35.0. The Morgan fingerprint density at radius 1 is 1.00 bits per heavy atom. The molecular weight excluding hydrogens is 404 g/mol. The van der Waals surface area contributed by atoms with Gasteiger partial charge in [0.15, 0.2) is 5.82 Å². The van der Waals surface area contributed by atoms with E-state index >= 15 is 0 Å². The molecule has 1 aromatic carbocycles. The summed E-state index contributed by atoms with van der Waals surface area (Å²) in [7, 11) is -2.08. The smallest absolute Gasteiger partial charge is 0.240 e. The van der Waals surface area contributed by atoms with Crippen LogP contribution in [0, 0.1) is 27.7 Å². The lowest BCUT2D eigenvalue weighted by Gasteiger charge is -2.13. The van der Waals surface area contributed by atoms with Crippen LogP contribution in [0.5, 0.6) is 5.75 Å². The van der Waals surface area contributed by atoms with Gasteiger partial charge in [-0.25, -0.2) is 27.8 Å². The van der Waals surface area contributed by atoms with E-state index in [2.05, 4.69) is 25.1 Å². The van der Waals surface area contributed by atoms with E-state index in [1.54, 1.807) is 36.9 Å². The van der Waals surface area contributed by atoms with Gasteiger partial charge in [-0.1, -0.05) is 0 Å². The Morgan fingerprint density at radius 3 is 2.43 bits per heavy atom. The molecule has 9 nitrogen and oxygen atoms in total. The second-order valence-corrected chi connectivity index (χ2v) is 8.75. The van der Waals surface area contributed by atoms with Crippen LogP contribution in [0.4, 0.5) is 5.82 Å². The molecule has 0 amide bonds. The Kier molecular flexibility index (Phi) is 6.37. The van der Waals surface area contributed by atoms with Gasteiger partial charge in [0.25, 0.3) is 0 Å². The Morgan fingerprint density at radius 2 is 1.77 bits per heavy atom. The average molecular weight is 431 g/mol. The second kappa shape index (κ2) is 8.80. The van der Waals surface area contributed by atoms with Crippen molar-refractivity contribution in [3.63, 3.8) is 0 Å². The van der Waals surface area contributed by atoms with Gasteiger partial charge in [0, 0.05) is 24.8 Å². The van der Waals surface area contributed by atoms with Gasteiger partial charge in [0.05, 0.1) is 17.7 Å². The van der Waals surface area contributed by atoms with Crippen molar-refractivity contribution in [3.8, 4) is 11.6 Å². The predicted octanol–water partition coefficient (Wildman–Crippen LogP) is 2.29. The highest BCUT2D eigenvalue weighted by Crippen LogP contribution is 2.25. The summed E-state index contributed by atoms with van der Waals surface area (Å²) in [6.07, 6.45) is 1.45. The third-order valence-electron chi connectivity index (χ3n) is 4.58. The fourth-order valence-electron chi connectivity index (χ4n) is 3.15. The number of nitrogens with zero attached hydrogens (tertiary/aromatic N) is 4. The molecule has 3 rings (SSSR count). The van der Waals surface area contributed by atoms with Crippen LogP contribution in [-0.4, -0.2) is 48.4 Å². The first-order valence-corrected chi connectivity index (χ1v) is 10.9. The number of ether oxygens (including phenoxy) is 1. The molecule has 30 heavy (non-hydrogen) atoms. The third kappa shape index (κ3) is 4.77. The van der Waals surface area contributed by atoms with Crippen LogP contribution < -0.4 is 14.8 Å². The van der Waals surface area contributed by atoms with Crippen molar-refractivity contribution in [1.82, 2.24) is 24.5 Å². The van der Waals surface area contributed by atoms with Gasteiger partial charge in [0.1, 0.15) is 17.9 Å². The first-order valence-electron chi connectivity index (χ1n) is 9.45. The first-order chi connectivity index (χ1) is 14.2. The Labute approximate surface area is 176 Å². The monoisotopic (exact) mass is 430 g/mol. The van der Waals surface area contributed by atoms with Gasteiger partial charge < -0.3 is 10.1 Å². The summed E-state index contributed by atoms with van der Waals surface area (Å²) in [5.41, 5.74) is 3.26. The molecular formula is C20H26N6O3S. The first kappa shape index (κ1) is 21.7. The molecule has 0 aliphatic heterocycles. The molecule has 0 aliphatic carbocycles. The number of methoxy groups -OCH3 is 1. The molecule has 160 valence electrons. The maximum atomic E-state index is 12.7. The minimum absolute atomic E-state index is 0.200. The molecule has 0 bridgehead atoms. The summed E-state index contributed by atoms with van der Waals surface area (Å²) >= 11 is 0. The molecule has 3 aromatic rings. The van der Waals surface area contributed by atoms with Crippen LogP contribution in [0.1, 0.15) is 22.5 Å². The van der Waals surface area contributed by atoms with E-state index in [-0.39, 0.29) is 11.4 Å². The van der Waals surface area contributed by atoms with Gasteiger partial charge in [-0.15, -0.1) is 0 Å². The van der Waals surface area contributed by atoms with Crippen LogP contribution in [0.3, 0.4) is 0 Å². The highest BCUT2D eigenvalue weighted by atomic mass is 32.2. The van der Waals surface area contributed by atoms with Gasteiger partial charge in [-0.05, 0) is 57.0 Å². The molecule has 0 saturated carbocycles. The number of aryl methyl sites for hydroxylation is 4. The van der Waals surface area contributed by atoms with E-state index in [0.717, 1.165) is 17.0 Å². The molecule has 0 radical (unpaired) electrons. The van der Waals surface area contributed by atoms with Crippen LogP contribution in [0.15, 0.2) is 35.5 Å². The standard InChI is InChI=1S/C20H26N6O3S/c1-13-9-18(14(2)8-17(13)29-5)30(27,28)24-7-6-21-19-11-20(23-12-22-19)26-16(4)10-15(3)25-26/h8-12,24H,6-7H2,1-5H3,(H,21,22,23). The van der Waals surface area contributed by atoms with E-state index in [4.69, 9.17) is 4.74 Å². The molecule has 10 heteroatoms. The van der Waals surface area contributed by atoms with Gasteiger partial charge in [0.2, 0.25) is 10.0 Å². The lowest BCUT2D eigenvalue weighted by atomic mass is 10.1. The van der Waals surface area contributed by atoms with Crippen molar-refractivity contribution < 1.29 is 13.2 Å². The maximum Gasteiger partial charge on any atom is 0.240 e. The lowest BCUT2D eigenvalue weighted by Crippen LogP contribution is -2.29. The Bertz CT molecular complexity index is 1160. The number of aromatic nitrogens is 4. The fourth-order valence-corrected chi connectivity index (χ4v) is 4.49. The topological polar surface area (TPSA) is 111 Å². The van der Waals surface area contributed by atoms with Crippen molar-refractivity contribution in [1.29, 1.82) is 0 Å². The number of sulfonamides is 1. The van der Waals surface area contributed by atoms with Crippen LogP contribution in [0.25, 0.3) is 5.82 Å². The molecule has 0 fully saturated rings. The second-order valence-electron chi connectivity index (χ2n) is 7.01. The van der Waals surface area contributed by atoms with E-state index in [1.165, 1.54) is 6.33 Å². The third-order valence-corrected chi connectivity index (χ3v) is 6.19. The molecule has 0 atom stereocenters. The Hall–Kier alpha value is -2.98. The van der Waals surface area contributed by atoms with Gasteiger partial charge >= 0.3 is 0 Å². The molecule has 2 aromatic heterocycles. The number of benzene rings is 1. The van der Waals surface area contributed by atoms with Crippen molar-refractivity contribution in [2.24, 2.45) is 0 Å². The van der Waals surface area contributed by atoms with Gasteiger partial charge in [-0.3, -0.25) is 0 Å². The number of rotatable bonds is 8. The summed E-state index contributed by atoms with van der Waals surface area (Å²) in [6, 6.07) is 7.08. The molecule has 0 unspecified atom stereocenters. The molecule has 2 N–H and O–H groups in total. The summed E-state index contributed by atoms with van der Waals surface area (Å²) in [4.78, 5) is 8.68. The van der Waals surface area contributed by atoms with Crippen LogP contribution in [0.2, 0.25) is 0 Å². The van der Waals surface area contributed by atoms with E-state index < -0.39 is 10.0 Å². The van der Waals surface area contributed by atoms with Crippen molar-refractivity contribution in [2.75, 3.05) is 25.5 Å². The highest BCUT2D eigenvalue weighted by molar-refractivity contribution is 7.89. The number of anilines is 1. The number of nitrogens with one attached hydrogen (secondary N) is 2. The van der Waals surface area contributed by atoms with Crippen LogP contribution in [-0.2, 0) is 10.0 Å². The highest BCUT2D eigenvalue weighted by Gasteiger charge is 2.18. The largest absolute Gasteiger partial charge is 0.496 e. The minimum atomic E-state index is -3.64. The van der Waals surface area contributed by atoms with E-state index in [9.17, 15) is 8.42 Å². The van der Waals surface area contributed by atoms with E-state index in [0.29, 0.717) is 29.5 Å². The molecule has 0 spiro atoms. The van der Waals surface area contributed by atoms with Crippen molar-refractivity contribution in [3.05, 3.63) is 53.1 Å². The molecule has 0 aliphatic rings. The summed E-state index contributed by atoms with van der Waals surface area (Å²) in [5.74, 6) is 1.89. The predicted molar refractivity (Wildman–Crippen MR) is 115 cm³/mol. The maximum absolute atomic E-state index is 12.7. The van der Waals surface area contributed by atoms with Gasteiger partial charge in [-0.2, -0.15) is 5.10 Å². The molecule has 0 saturated heterocycles. The Balaban J connectivity index is 1.63. The average Bonchev–Trinajstić information content (AvgIpc) is 3.05.